The minimum Gasteiger partial charge on any atom is -0.496 e. The van der Waals surface area contributed by atoms with E-state index < -0.39 is 0 Å². The van der Waals surface area contributed by atoms with Crippen molar-refractivity contribution in [3.8, 4) is 5.75 Å². The van der Waals surface area contributed by atoms with Crippen molar-refractivity contribution < 1.29 is 9.53 Å². The van der Waals surface area contributed by atoms with E-state index in [2.05, 4.69) is 14.9 Å². The third-order valence-electron chi connectivity index (χ3n) is 4.47. The molecule has 0 bridgehead atoms. The average molecular weight is 355 g/mol. The summed E-state index contributed by atoms with van der Waals surface area (Å²) in [5.74, 6) is 2.22. The van der Waals surface area contributed by atoms with Crippen molar-refractivity contribution in [3.05, 3.63) is 41.6 Å². The highest BCUT2D eigenvalue weighted by Crippen LogP contribution is 2.21. The van der Waals surface area contributed by atoms with E-state index >= 15 is 0 Å². The number of para-hydroxylation sites is 1. The van der Waals surface area contributed by atoms with Gasteiger partial charge in [0.2, 0.25) is 5.95 Å². The van der Waals surface area contributed by atoms with Gasteiger partial charge in [-0.15, -0.1) is 0 Å². The Morgan fingerprint density at radius 2 is 1.81 bits per heavy atom. The van der Waals surface area contributed by atoms with E-state index in [0.29, 0.717) is 37.5 Å². The predicted molar refractivity (Wildman–Crippen MR) is 102 cm³/mol. The Kier molecular flexibility index (Phi) is 5.25. The van der Waals surface area contributed by atoms with Crippen LogP contribution in [0.3, 0.4) is 0 Å². The molecule has 0 spiro atoms. The van der Waals surface area contributed by atoms with Crippen molar-refractivity contribution in [2.45, 2.75) is 6.92 Å². The molecule has 0 aliphatic carbocycles. The molecule has 1 aliphatic heterocycles. The van der Waals surface area contributed by atoms with Crippen LogP contribution in [0.25, 0.3) is 0 Å². The van der Waals surface area contributed by atoms with Crippen LogP contribution in [-0.4, -0.2) is 68.2 Å². The topological polar surface area (TPSA) is 61.8 Å². The van der Waals surface area contributed by atoms with Gasteiger partial charge in [0.15, 0.2) is 0 Å². The van der Waals surface area contributed by atoms with Gasteiger partial charge in [-0.05, 0) is 19.1 Å². The van der Waals surface area contributed by atoms with Crippen molar-refractivity contribution >= 4 is 17.7 Å². The Balaban J connectivity index is 1.70. The fourth-order valence-corrected chi connectivity index (χ4v) is 3.01. The predicted octanol–water partition coefficient (Wildman–Crippen LogP) is 1.82. The Labute approximate surface area is 154 Å². The molecule has 2 aromatic rings. The Hall–Kier alpha value is -2.83. The van der Waals surface area contributed by atoms with Crippen molar-refractivity contribution in [1.29, 1.82) is 0 Å². The van der Waals surface area contributed by atoms with Crippen LogP contribution >= 0.6 is 0 Å². The first-order valence-corrected chi connectivity index (χ1v) is 8.70. The summed E-state index contributed by atoms with van der Waals surface area (Å²) in [5.41, 5.74) is 1.54. The third kappa shape index (κ3) is 3.71. The van der Waals surface area contributed by atoms with Crippen molar-refractivity contribution in [2.75, 3.05) is 57.2 Å². The summed E-state index contributed by atoms with van der Waals surface area (Å²) in [6.07, 6.45) is 0. The van der Waals surface area contributed by atoms with Crippen LogP contribution in [0.5, 0.6) is 5.75 Å². The quantitative estimate of drug-likeness (QED) is 0.834. The molecule has 0 atom stereocenters. The summed E-state index contributed by atoms with van der Waals surface area (Å²) >= 11 is 0. The van der Waals surface area contributed by atoms with Crippen LogP contribution in [0.2, 0.25) is 0 Å². The average Bonchev–Trinajstić information content (AvgIpc) is 2.67. The van der Waals surface area contributed by atoms with Gasteiger partial charge in [0.05, 0.1) is 12.7 Å². The molecule has 0 saturated carbocycles. The van der Waals surface area contributed by atoms with Crippen molar-refractivity contribution in [2.24, 2.45) is 0 Å². The Morgan fingerprint density at radius 1 is 1.12 bits per heavy atom. The van der Waals surface area contributed by atoms with E-state index in [1.807, 2.05) is 55.1 Å². The normalized spacial score (nSPS) is 14.3. The van der Waals surface area contributed by atoms with Crippen LogP contribution in [-0.2, 0) is 0 Å². The number of benzene rings is 1. The number of hydrogen-bond acceptors (Lipinski definition) is 6. The molecule has 0 radical (unpaired) electrons. The number of anilines is 2. The van der Waals surface area contributed by atoms with Gasteiger partial charge in [-0.3, -0.25) is 4.79 Å². The van der Waals surface area contributed by atoms with Crippen LogP contribution in [0.1, 0.15) is 16.1 Å². The maximum atomic E-state index is 12.8. The standard InChI is InChI=1S/C19H25N5O2/c1-14-13-17(22(2)3)21-19(20-14)24-11-9-23(10-12-24)18(25)15-7-5-6-8-16(15)26-4/h5-8,13H,9-12H2,1-4H3. The smallest absolute Gasteiger partial charge is 0.257 e. The molecule has 2 heterocycles. The van der Waals surface area contributed by atoms with Gasteiger partial charge < -0.3 is 19.4 Å². The molecule has 3 rings (SSSR count). The van der Waals surface area contributed by atoms with Gasteiger partial charge in [0.1, 0.15) is 11.6 Å². The molecule has 7 heteroatoms. The zero-order valence-electron chi connectivity index (χ0n) is 15.8. The van der Waals surface area contributed by atoms with Crippen molar-refractivity contribution in [1.82, 2.24) is 14.9 Å². The van der Waals surface area contributed by atoms with E-state index in [4.69, 9.17) is 4.74 Å². The van der Waals surface area contributed by atoms with Gasteiger partial charge in [-0.25, -0.2) is 4.98 Å². The van der Waals surface area contributed by atoms with E-state index in [1.165, 1.54) is 0 Å². The zero-order valence-corrected chi connectivity index (χ0v) is 15.8. The minimum absolute atomic E-state index is 0.00115. The van der Waals surface area contributed by atoms with E-state index in [0.717, 1.165) is 17.5 Å². The lowest BCUT2D eigenvalue weighted by Crippen LogP contribution is -2.49. The maximum Gasteiger partial charge on any atom is 0.257 e. The first-order valence-electron chi connectivity index (χ1n) is 8.70. The second-order valence-electron chi connectivity index (χ2n) is 6.54. The summed E-state index contributed by atoms with van der Waals surface area (Å²) in [6, 6.07) is 9.30. The number of ether oxygens (including phenoxy) is 1. The molecule has 1 aromatic heterocycles. The molecule has 1 saturated heterocycles. The van der Waals surface area contributed by atoms with Gasteiger partial charge in [-0.1, -0.05) is 12.1 Å². The lowest BCUT2D eigenvalue weighted by atomic mass is 10.1. The number of rotatable bonds is 4. The van der Waals surface area contributed by atoms with Crippen LogP contribution in [0.4, 0.5) is 11.8 Å². The number of amides is 1. The fraction of sp³-hybridized carbons (Fsp3) is 0.421. The van der Waals surface area contributed by atoms with Crippen LogP contribution in [0, 0.1) is 6.92 Å². The second kappa shape index (κ2) is 7.59. The number of piperazine rings is 1. The SMILES string of the molecule is COc1ccccc1C(=O)N1CCN(c2nc(C)cc(N(C)C)n2)CC1. The van der Waals surface area contributed by atoms with Crippen LogP contribution < -0.4 is 14.5 Å². The molecule has 1 aromatic carbocycles. The molecule has 1 aliphatic rings. The highest BCUT2D eigenvalue weighted by atomic mass is 16.5. The summed E-state index contributed by atoms with van der Waals surface area (Å²) in [7, 11) is 5.52. The first-order chi connectivity index (χ1) is 12.5. The lowest BCUT2D eigenvalue weighted by molar-refractivity contribution is 0.0743. The highest BCUT2D eigenvalue weighted by molar-refractivity contribution is 5.97. The summed E-state index contributed by atoms with van der Waals surface area (Å²) in [4.78, 5) is 28.0. The van der Waals surface area contributed by atoms with E-state index in [1.54, 1.807) is 13.2 Å². The van der Waals surface area contributed by atoms with Gasteiger partial charge in [0, 0.05) is 52.0 Å². The molecule has 138 valence electrons. The largest absolute Gasteiger partial charge is 0.496 e. The molecule has 0 N–H and O–H groups in total. The monoisotopic (exact) mass is 355 g/mol. The molecule has 1 fully saturated rings. The number of carbonyl (C=O) groups is 1. The Morgan fingerprint density at radius 3 is 2.46 bits per heavy atom. The number of methoxy groups -OCH3 is 1. The summed E-state index contributed by atoms with van der Waals surface area (Å²) in [6.45, 7) is 4.64. The van der Waals surface area contributed by atoms with E-state index in [-0.39, 0.29) is 5.91 Å². The second-order valence-corrected chi connectivity index (χ2v) is 6.54. The van der Waals surface area contributed by atoms with Crippen molar-refractivity contribution in [3.63, 3.8) is 0 Å². The summed E-state index contributed by atoms with van der Waals surface area (Å²) in [5, 5.41) is 0. The highest BCUT2D eigenvalue weighted by Gasteiger charge is 2.25. The molecular formula is C19H25N5O2. The zero-order chi connectivity index (χ0) is 18.7. The number of hydrogen-bond donors (Lipinski definition) is 0. The van der Waals surface area contributed by atoms with Gasteiger partial charge in [0.25, 0.3) is 5.91 Å². The number of aromatic nitrogens is 2. The first kappa shape index (κ1) is 18.0. The Bertz CT molecular complexity index is 785. The lowest BCUT2D eigenvalue weighted by Gasteiger charge is -2.35. The molecule has 0 unspecified atom stereocenters. The maximum absolute atomic E-state index is 12.8. The number of carbonyl (C=O) groups excluding carboxylic acids is 1. The molecular weight excluding hydrogens is 330 g/mol. The molecule has 7 nitrogen and oxygen atoms in total. The van der Waals surface area contributed by atoms with Gasteiger partial charge >= 0.3 is 0 Å². The molecule has 26 heavy (non-hydrogen) atoms. The van der Waals surface area contributed by atoms with Crippen LogP contribution in [0.15, 0.2) is 30.3 Å². The third-order valence-corrected chi connectivity index (χ3v) is 4.47. The van der Waals surface area contributed by atoms with E-state index in [9.17, 15) is 4.79 Å². The number of aryl methyl sites for hydroxylation is 1. The summed E-state index contributed by atoms with van der Waals surface area (Å²) < 4.78 is 5.31. The fourth-order valence-electron chi connectivity index (χ4n) is 3.01. The minimum atomic E-state index is 0.00115. The number of nitrogens with zero attached hydrogens (tertiary/aromatic N) is 5. The van der Waals surface area contributed by atoms with Gasteiger partial charge in [-0.2, -0.15) is 4.98 Å². The molecule has 1 amide bonds.